The Balaban J connectivity index is 1.41. The smallest absolute Gasteiger partial charge is 0.138 e. The Morgan fingerprint density at radius 3 is 1.53 bits per heavy atom. The van der Waals surface area contributed by atoms with Crippen LogP contribution in [-0.4, -0.2) is 14.4 Å². The SMILES string of the molecule is c1ccc(-c2c3ccccc3c(-c3ccc4nc5c6ccccc6nc(-c6ccccc6)c5n4c3)c3ccccc23)cc1. The number of aromatic nitrogens is 3. The average molecular weight is 548 g/mol. The summed E-state index contributed by atoms with van der Waals surface area (Å²) in [5.41, 5.74) is 10.7. The third-order valence-electron chi connectivity index (χ3n) is 8.56. The second-order valence-corrected chi connectivity index (χ2v) is 11.0. The summed E-state index contributed by atoms with van der Waals surface area (Å²) >= 11 is 0. The van der Waals surface area contributed by atoms with Crippen molar-refractivity contribution >= 4 is 49.1 Å². The zero-order chi connectivity index (χ0) is 28.3. The largest absolute Gasteiger partial charge is 0.297 e. The van der Waals surface area contributed by atoms with E-state index in [4.69, 9.17) is 9.97 Å². The maximum absolute atomic E-state index is 5.18. The first-order valence-corrected chi connectivity index (χ1v) is 14.6. The molecule has 0 saturated heterocycles. The summed E-state index contributed by atoms with van der Waals surface area (Å²) in [7, 11) is 0. The first-order chi connectivity index (χ1) is 21.3. The molecular formula is C40H25N3. The molecule has 3 aromatic heterocycles. The molecule has 0 radical (unpaired) electrons. The highest BCUT2D eigenvalue weighted by atomic mass is 15.0. The van der Waals surface area contributed by atoms with Crippen LogP contribution in [0, 0.1) is 0 Å². The van der Waals surface area contributed by atoms with Crippen LogP contribution in [-0.2, 0) is 0 Å². The van der Waals surface area contributed by atoms with Crippen molar-refractivity contribution in [2.45, 2.75) is 0 Å². The van der Waals surface area contributed by atoms with E-state index in [0.29, 0.717) is 0 Å². The van der Waals surface area contributed by atoms with Crippen molar-refractivity contribution in [2.24, 2.45) is 0 Å². The third-order valence-corrected chi connectivity index (χ3v) is 8.56. The lowest BCUT2D eigenvalue weighted by Crippen LogP contribution is -1.94. The van der Waals surface area contributed by atoms with E-state index in [1.165, 1.54) is 38.2 Å². The third kappa shape index (κ3) is 3.62. The van der Waals surface area contributed by atoms with Crippen molar-refractivity contribution in [1.82, 2.24) is 14.4 Å². The highest BCUT2D eigenvalue weighted by molar-refractivity contribution is 6.21. The standard InChI is InChI=1S/C40H25N3/c1-3-13-26(14-4-1)36-29-17-7-9-19-31(29)37(32-20-10-8-18-30(32)36)28-23-24-35-42-39-33-21-11-12-22-34(33)41-38(40(39)43(35)25-28)27-15-5-2-6-16-27/h1-25H. The van der Waals surface area contributed by atoms with Crippen molar-refractivity contribution < 1.29 is 0 Å². The minimum atomic E-state index is 0.906. The van der Waals surface area contributed by atoms with E-state index < -0.39 is 0 Å². The molecule has 0 fully saturated rings. The van der Waals surface area contributed by atoms with Gasteiger partial charge >= 0.3 is 0 Å². The molecule has 0 bridgehead atoms. The van der Waals surface area contributed by atoms with Gasteiger partial charge in [0.05, 0.1) is 16.7 Å². The Kier molecular flexibility index (Phi) is 5.20. The average Bonchev–Trinajstić information content (AvgIpc) is 3.47. The van der Waals surface area contributed by atoms with Gasteiger partial charge in [-0.3, -0.25) is 4.40 Å². The number of fused-ring (bicyclic) bond motifs is 7. The fraction of sp³-hybridized carbons (Fsp3) is 0. The molecule has 0 atom stereocenters. The van der Waals surface area contributed by atoms with Gasteiger partial charge in [-0.15, -0.1) is 0 Å². The van der Waals surface area contributed by atoms with E-state index in [2.05, 4.69) is 144 Å². The summed E-state index contributed by atoms with van der Waals surface area (Å²) in [6.07, 6.45) is 2.25. The van der Waals surface area contributed by atoms with Crippen LogP contribution in [0.5, 0.6) is 0 Å². The second kappa shape index (κ2) is 9.37. The second-order valence-electron chi connectivity index (χ2n) is 11.0. The number of hydrogen-bond acceptors (Lipinski definition) is 2. The number of imidazole rings is 1. The predicted octanol–water partition coefficient (Wildman–Crippen LogP) is 10.3. The van der Waals surface area contributed by atoms with E-state index >= 15 is 0 Å². The Labute approximate surface area is 248 Å². The molecule has 3 heteroatoms. The minimum Gasteiger partial charge on any atom is -0.297 e. The molecule has 0 spiro atoms. The molecule has 0 N–H and O–H groups in total. The lowest BCUT2D eigenvalue weighted by molar-refractivity contribution is 1.22. The zero-order valence-corrected chi connectivity index (χ0v) is 23.3. The topological polar surface area (TPSA) is 30.2 Å². The quantitative estimate of drug-likeness (QED) is 0.206. The maximum Gasteiger partial charge on any atom is 0.138 e. The van der Waals surface area contributed by atoms with Crippen LogP contribution in [0.2, 0.25) is 0 Å². The summed E-state index contributed by atoms with van der Waals surface area (Å²) in [5.74, 6) is 0. The summed E-state index contributed by atoms with van der Waals surface area (Å²) in [6.45, 7) is 0. The Hall–Kier alpha value is -5.80. The van der Waals surface area contributed by atoms with Crippen molar-refractivity contribution in [3.63, 3.8) is 0 Å². The number of para-hydroxylation sites is 1. The Morgan fingerprint density at radius 1 is 0.395 bits per heavy atom. The summed E-state index contributed by atoms with van der Waals surface area (Å²) in [5, 5.41) is 6.02. The van der Waals surface area contributed by atoms with Gasteiger partial charge in [0.15, 0.2) is 0 Å². The number of hydrogen-bond donors (Lipinski definition) is 0. The van der Waals surface area contributed by atoms with Crippen molar-refractivity contribution in [3.05, 3.63) is 152 Å². The van der Waals surface area contributed by atoms with Gasteiger partial charge in [-0.05, 0) is 62.0 Å². The van der Waals surface area contributed by atoms with Gasteiger partial charge in [0.25, 0.3) is 0 Å². The van der Waals surface area contributed by atoms with E-state index in [1.54, 1.807) is 0 Å². The van der Waals surface area contributed by atoms with Crippen molar-refractivity contribution in [1.29, 1.82) is 0 Å². The molecule has 0 aliphatic carbocycles. The Bertz CT molecular complexity index is 2440. The maximum atomic E-state index is 5.18. The van der Waals surface area contributed by atoms with Crippen molar-refractivity contribution in [2.75, 3.05) is 0 Å². The molecule has 3 heterocycles. The molecule has 0 amide bonds. The van der Waals surface area contributed by atoms with Crippen LogP contribution in [0.1, 0.15) is 0 Å². The zero-order valence-electron chi connectivity index (χ0n) is 23.3. The molecule has 0 aliphatic heterocycles. The molecular weight excluding hydrogens is 522 g/mol. The van der Waals surface area contributed by atoms with Gasteiger partial charge in [0.1, 0.15) is 11.2 Å². The number of nitrogens with zero attached hydrogens (tertiary/aromatic N) is 3. The predicted molar refractivity (Wildman–Crippen MR) is 179 cm³/mol. The Morgan fingerprint density at radius 2 is 0.907 bits per heavy atom. The lowest BCUT2D eigenvalue weighted by Gasteiger charge is -2.18. The van der Waals surface area contributed by atoms with E-state index in [1.807, 2.05) is 12.1 Å². The van der Waals surface area contributed by atoms with Crippen LogP contribution in [0.4, 0.5) is 0 Å². The summed E-state index contributed by atoms with van der Waals surface area (Å²) in [4.78, 5) is 10.3. The lowest BCUT2D eigenvalue weighted by atomic mass is 9.86. The number of pyridine rings is 2. The molecule has 43 heavy (non-hydrogen) atoms. The van der Waals surface area contributed by atoms with Crippen LogP contribution in [0.3, 0.4) is 0 Å². The molecule has 9 aromatic rings. The highest BCUT2D eigenvalue weighted by Gasteiger charge is 2.19. The highest BCUT2D eigenvalue weighted by Crippen LogP contribution is 2.44. The van der Waals surface area contributed by atoms with Crippen LogP contribution >= 0.6 is 0 Å². The molecule has 9 rings (SSSR count). The molecule has 0 saturated carbocycles. The van der Waals surface area contributed by atoms with Crippen molar-refractivity contribution in [3.8, 4) is 33.5 Å². The van der Waals surface area contributed by atoms with Gasteiger partial charge in [0, 0.05) is 17.1 Å². The van der Waals surface area contributed by atoms with Gasteiger partial charge in [-0.1, -0.05) is 127 Å². The monoisotopic (exact) mass is 547 g/mol. The normalized spacial score (nSPS) is 11.7. The summed E-state index contributed by atoms with van der Waals surface area (Å²) in [6, 6.07) is 51.4. The van der Waals surface area contributed by atoms with E-state index in [0.717, 1.165) is 44.4 Å². The molecule has 0 aliphatic rings. The first-order valence-electron chi connectivity index (χ1n) is 14.6. The molecule has 3 nitrogen and oxygen atoms in total. The fourth-order valence-corrected chi connectivity index (χ4v) is 6.70. The number of benzene rings is 6. The fourth-order valence-electron chi connectivity index (χ4n) is 6.70. The first kappa shape index (κ1) is 23.9. The molecule has 6 aromatic carbocycles. The van der Waals surface area contributed by atoms with E-state index in [-0.39, 0.29) is 0 Å². The van der Waals surface area contributed by atoms with E-state index in [9.17, 15) is 0 Å². The minimum absolute atomic E-state index is 0.906. The summed E-state index contributed by atoms with van der Waals surface area (Å²) < 4.78 is 2.24. The van der Waals surface area contributed by atoms with Gasteiger partial charge in [0.2, 0.25) is 0 Å². The number of rotatable bonds is 3. The van der Waals surface area contributed by atoms with Gasteiger partial charge < -0.3 is 0 Å². The van der Waals surface area contributed by atoms with Gasteiger partial charge in [-0.25, -0.2) is 9.97 Å². The molecule has 0 unspecified atom stereocenters. The van der Waals surface area contributed by atoms with Crippen LogP contribution in [0.15, 0.2) is 152 Å². The van der Waals surface area contributed by atoms with Crippen LogP contribution < -0.4 is 0 Å². The molecule has 200 valence electrons. The van der Waals surface area contributed by atoms with Gasteiger partial charge in [-0.2, -0.15) is 0 Å². The van der Waals surface area contributed by atoms with Crippen LogP contribution in [0.25, 0.3) is 82.6 Å².